The topological polar surface area (TPSA) is 9.23 Å². The van der Waals surface area contributed by atoms with Crippen LogP contribution in [0.5, 0.6) is 0 Å². The number of hydrogen-bond acceptors (Lipinski definition) is 1. The van der Waals surface area contributed by atoms with Crippen molar-refractivity contribution in [3.05, 3.63) is 34.9 Å². The fourth-order valence-electron chi connectivity index (χ4n) is 1.57. The summed E-state index contributed by atoms with van der Waals surface area (Å²) in [7, 11) is 2.28. The smallest absolute Gasteiger partial charge is 0.0505 e. The monoisotopic (exact) mass is 232 g/mol. The predicted molar refractivity (Wildman–Crippen MR) is 67.1 cm³/mol. The summed E-state index contributed by atoms with van der Waals surface area (Å²) in [6.07, 6.45) is 2.20. The van der Waals surface area contributed by atoms with Crippen LogP contribution in [0.1, 0.15) is 23.1 Å². The maximum absolute atomic E-state index is 4.94. The van der Waals surface area contributed by atoms with Crippen LogP contribution in [0.15, 0.2) is 18.2 Å². The van der Waals surface area contributed by atoms with Gasteiger partial charge in [-0.1, -0.05) is 29.3 Å². The molecule has 0 bridgehead atoms. The van der Waals surface area contributed by atoms with E-state index >= 15 is 0 Å². The van der Waals surface area contributed by atoms with E-state index < -0.39 is 0 Å². The summed E-state index contributed by atoms with van der Waals surface area (Å²) in [5.74, 6) is 0. The fraction of sp³-hybridized carbons (Fsp3) is 0.455. The van der Waals surface area contributed by atoms with Gasteiger partial charge in [0.2, 0.25) is 0 Å². The molecular formula is C11H18ClOP. The van der Waals surface area contributed by atoms with Gasteiger partial charge in [-0.15, -0.1) is 12.4 Å². The van der Waals surface area contributed by atoms with Crippen molar-refractivity contribution in [2.24, 2.45) is 0 Å². The number of hydrogen-bond donors (Lipinski definition) is 0. The van der Waals surface area contributed by atoms with Crippen LogP contribution < -0.4 is 0 Å². The van der Waals surface area contributed by atoms with Crippen LogP contribution in [-0.4, -0.2) is 6.61 Å². The minimum atomic E-state index is 0. The Morgan fingerprint density at radius 2 is 1.71 bits per heavy atom. The quantitative estimate of drug-likeness (QED) is 0.571. The summed E-state index contributed by atoms with van der Waals surface area (Å²) in [5, 5.41) is 0. The zero-order valence-corrected chi connectivity index (χ0v) is 10.7. The summed E-state index contributed by atoms with van der Waals surface area (Å²) in [6, 6.07) is 6.70. The third kappa shape index (κ3) is 4.95. The predicted octanol–water partition coefficient (Wildman–Crippen LogP) is 3.46. The third-order valence-corrected chi connectivity index (χ3v) is 2.24. The van der Waals surface area contributed by atoms with Crippen molar-refractivity contribution in [2.45, 2.75) is 26.7 Å². The number of halogens is 1. The van der Waals surface area contributed by atoms with Gasteiger partial charge >= 0.3 is 0 Å². The Labute approximate surface area is 94.9 Å². The van der Waals surface area contributed by atoms with Crippen molar-refractivity contribution in [2.75, 3.05) is 6.61 Å². The Kier molecular flexibility index (Phi) is 7.17. The van der Waals surface area contributed by atoms with Crippen LogP contribution in [0.3, 0.4) is 0 Å². The molecule has 1 aromatic carbocycles. The van der Waals surface area contributed by atoms with E-state index in [0.717, 1.165) is 19.4 Å². The van der Waals surface area contributed by atoms with Gasteiger partial charge in [-0.2, -0.15) is 0 Å². The molecule has 3 heteroatoms. The maximum atomic E-state index is 4.94. The third-order valence-electron chi connectivity index (χ3n) is 2.01. The van der Waals surface area contributed by atoms with Gasteiger partial charge in [-0.05, 0) is 32.3 Å². The second-order valence-electron chi connectivity index (χ2n) is 3.47. The first-order valence-electron chi connectivity index (χ1n) is 4.61. The van der Waals surface area contributed by atoms with Crippen molar-refractivity contribution < 1.29 is 4.52 Å². The van der Waals surface area contributed by atoms with Gasteiger partial charge in [0.25, 0.3) is 0 Å². The molecule has 1 nitrogen and oxygen atoms in total. The Morgan fingerprint density at radius 1 is 1.14 bits per heavy atom. The molecule has 0 radical (unpaired) electrons. The van der Waals surface area contributed by atoms with Gasteiger partial charge in [0.05, 0.1) is 6.61 Å². The van der Waals surface area contributed by atoms with E-state index in [9.17, 15) is 0 Å². The van der Waals surface area contributed by atoms with E-state index in [0.29, 0.717) is 0 Å². The first-order valence-corrected chi connectivity index (χ1v) is 5.08. The van der Waals surface area contributed by atoms with Crippen molar-refractivity contribution in [3.63, 3.8) is 0 Å². The molecule has 0 amide bonds. The molecule has 0 heterocycles. The Balaban J connectivity index is 0.00000169. The van der Waals surface area contributed by atoms with E-state index in [2.05, 4.69) is 41.5 Å². The van der Waals surface area contributed by atoms with Gasteiger partial charge in [-0.25, -0.2) is 0 Å². The minimum Gasteiger partial charge on any atom is -0.366 e. The van der Waals surface area contributed by atoms with E-state index in [-0.39, 0.29) is 12.4 Å². The summed E-state index contributed by atoms with van der Waals surface area (Å²) in [5.41, 5.74) is 4.11. The van der Waals surface area contributed by atoms with Crippen LogP contribution in [0.2, 0.25) is 0 Å². The van der Waals surface area contributed by atoms with E-state index in [4.69, 9.17) is 4.52 Å². The zero-order valence-electron chi connectivity index (χ0n) is 8.75. The highest BCUT2D eigenvalue weighted by molar-refractivity contribution is 7.09. The normalized spacial score (nSPS) is 9.64. The van der Waals surface area contributed by atoms with Crippen LogP contribution in [0.4, 0.5) is 0 Å². The van der Waals surface area contributed by atoms with Gasteiger partial charge in [0, 0.05) is 9.47 Å². The lowest BCUT2D eigenvalue weighted by molar-refractivity contribution is 0.363. The molecule has 0 aliphatic carbocycles. The highest BCUT2D eigenvalue weighted by Crippen LogP contribution is 2.10. The molecule has 0 fully saturated rings. The van der Waals surface area contributed by atoms with Crippen LogP contribution in [0.25, 0.3) is 0 Å². The molecule has 0 N–H and O–H groups in total. The Morgan fingerprint density at radius 3 is 2.21 bits per heavy atom. The molecule has 14 heavy (non-hydrogen) atoms. The average molecular weight is 233 g/mol. The van der Waals surface area contributed by atoms with E-state index in [1.165, 1.54) is 16.7 Å². The summed E-state index contributed by atoms with van der Waals surface area (Å²) in [4.78, 5) is 0. The lowest BCUT2D eigenvalue weighted by atomic mass is 10.0. The van der Waals surface area contributed by atoms with E-state index in [1.54, 1.807) is 0 Å². The molecule has 0 saturated carbocycles. The van der Waals surface area contributed by atoms with Gasteiger partial charge in [0.15, 0.2) is 0 Å². The first-order chi connectivity index (χ1) is 6.22. The molecule has 1 aromatic rings. The lowest BCUT2D eigenvalue weighted by Crippen LogP contribution is -1.91. The summed E-state index contributed by atoms with van der Waals surface area (Å²) < 4.78 is 4.94. The fourth-order valence-corrected chi connectivity index (χ4v) is 1.74. The molecule has 1 atom stereocenters. The highest BCUT2D eigenvalue weighted by atomic mass is 35.5. The van der Waals surface area contributed by atoms with Crippen LogP contribution >= 0.6 is 21.9 Å². The molecular weight excluding hydrogens is 215 g/mol. The largest absolute Gasteiger partial charge is 0.366 e. The molecule has 80 valence electrons. The van der Waals surface area contributed by atoms with Gasteiger partial charge in [-0.3, -0.25) is 0 Å². The van der Waals surface area contributed by atoms with Crippen molar-refractivity contribution >= 4 is 21.9 Å². The van der Waals surface area contributed by atoms with Crippen molar-refractivity contribution in [3.8, 4) is 0 Å². The number of rotatable bonds is 4. The van der Waals surface area contributed by atoms with E-state index in [1.807, 2.05) is 0 Å². The van der Waals surface area contributed by atoms with Crippen molar-refractivity contribution in [1.29, 1.82) is 0 Å². The van der Waals surface area contributed by atoms with Gasteiger partial charge in [0.1, 0.15) is 0 Å². The molecule has 0 aliphatic heterocycles. The second-order valence-corrected chi connectivity index (χ2v) is 3.80. The van der Waals surface area contributed by atoms with Gasteiger partial charge < -0.3 is 4.52 Å². The molecule has 1 rings (SSSR count). The molecule has 0 saturated heterocycles. The summed E-state index contributed by atoms with van der Waals surface area (Å²) >= 11 is 0. The lowest BCUT2D eigenvalue weighted by Gasteiger charge is -2.04. The number of benzene rings is 1. The molecule has 0 aliphatic rings. The SMILES string of the molecule is Cc1cc(C)cc(CCCOP)c1.Cl. The minimum absolute atomic E-state index is 0. The van der Waals surface area contributed by atoms with Crippen molar-refractivity contribution in [1.82, 2.24) is 0 Å². The standard InChI is InChI=1S/C11H17OP.ClH/c1-9-6-10(2)8-11(7-9)4-3-5-12-13;/h6-8H,3-5,13H2,1-2H3;1H. The molecule has 0 aromatic heterocycles. The maximum Gasteiger partial charge on any atom is 0.0505 e. The van der Waals surface area contributed by atoms with Crippen LogP contribution in [-0.2, 0) is 10.9 Å². The molecule has 0 spiro atoms. The summed E-state index contributed by atoms with van der Waals surface area (Å²) in [6.45, 7) is 5.10. The first kappa shape index (κ1) is 13.9. The highest BCUT2D eigenvalue weighted by Gasteiger charge is 1.95. The average Bonchev–Trinajstić information content (AvgIpc) is 2.03. The molecule has 1 unspecified atom stereocenters. The second kappa shape index (κ2) is 7.23. The zero-order chi connectivity index (χ0) is 9.68. The number of aryl methyl sites for hydroxylation is 3. The Hall–Kier alpha value is -0.100. The van der Waals surface area contributed by atoms with Crippen LogP contribution in [0, 0.1) is 13.8 Å². The Bertz CT molecular complexity index is 256.